The Hall–Kier alpha value is -6.44. The van der Waals surface area contributed by atoms with Gasteiger partial charge in [0, 0.05) is 22.5 Å². The van der Waals surface area contributed by atoms with Crippen LogP contribution in [0.25, 0.3) is 33.4 Å². The molecule has 2 saturated carbocycles. The van der Waals surface area contributed by atoms with Crippen LogP contribution in [0.4, 0.5) is 11.4 Å². The van der Waals surface area contributed by atoms with Gasteiger partial charge in [0.2, 0.25) is 0 Å². The van der Waals surface area contributed by atoms with E-state index in [0.29, 0.717) is 17.8 Å². The first kappa shape index (κ1) is 37.6. The van der Waals surface area contributed by atoms with Crippen molar-refractivity contribution >= 4 is 33.7 Å². The van der Waals surface area contributed by atoms with Crippen LogP contribution in [0, 0.1) is 11.8 Å². The van der Waals surface area contributed by atoms with Gasteiger partial charge in [0.15, 0.2) is 0 Å². The first-order chi connectivity index (χ1) is 30.0. The van der Waals surface area contributed by atoms with Crippen LogP contribution in [0.1, 0.15) is 90.8 Å². The maximum Gasteiger partial charge on any atom is 0.0461 e. The number of hydrogen-bond acceptors (Lipinski definition) is 1. The van der Waals surface area contributed by atoms with Crippen LogP contribution in [0.3, 0.4) is 0 Å². The SMILES string of the molecule is C=C(/C=C\C(=C)c1ccc(N(C2=C[C@@H]3CC3(c3cccc4c3CC3=C4C=CCC3)C=C2)c2ccc(-c3cccc4c3C3CC3C(CC)=C4/C=C\C)cc2)cc1)c1ccccc1. The predicted molar refractivity (Wildman–Crippen MR) is 259 cm³/mol. The van der Waals surface area contributed by atoms with Crippen LogP contribution in [0.15, 0.2) is 200 Å². The normalized spacial score (nSPS) is 22.7. The third kappa shape index (κ3) is 6.37. The minimum atomic E-state index is 0.0748. The minimum absolute atomic E-state index is 0.0748. The highest BCUT2D eigenvalue weighted by molar-refractivity contribution is 5.89. The summed E-state index contributed by atoms with van der Waals surface area (Å²) in [6.07, 6.45) is 28.0. The van der Waals surface area contributed by atoms with Crippen LogP contribution >= 0.6 is 0 Å². The van der Waals surface area contributed by atoms with Gasteiger partial charge in [-0.05, 0) is 166 Å². The molecule has 2 fully saturated rings. The lowest BCUT2D eigenvalue weighted by Gasteiger charge is -2.30. The third-order valence-corrected chi connectivity index (χ3v) is 14.5. The van der Waals surface area contributed by atoms with Gasteiger partial charge in [0.1, 0.15) is 0 Å². The van der Waals surface area contributed by atoms with Crippen molar-refractivity contribution in [1.82, 2.24) is 0 Å². The smallest absolute Gasteiger partial charge is 0.0461 e. The molecule has 6 aliphatic rings. The van der Waals surface area contributed by atoms with Crippen LogP contribution in [-0.2, 0) is 11.8 Å². The van der Waals surface area contributed by atoms with E-state index in [4.69, 9.17) is 0 Å². The zero-order valence-corrected chi connectivity index (χ0v) is 35.5. The molecule has 5 aromatic rings. The Morgan fingerprint density at radius 3 is 2.20 bits per heavy atom. The van der Waals surface area contributed by atoms with E-state index in [1.807, 2.05) is 18.2 Å². The average Bonchev–Trinajstić information content (AvgIpc) is 4.23. The monoisotopic (exact) mass is 787 g/mol. The Labute approximate surface area is 362 Å². The van der Waals surface area contributed by atoms with Gasteiger partial charge >= 0.3 is 0 Å². The van der Waals surface area contributed by atoms with E-state index < -0.39 is 0 Å². The molecule has 6 aliphatic carbocycles. The molecule has 0 spiro atoms. The van der Waals surface area contributed by atoms with Crippen molar-refractivity contribution < 1.29 is 0 Å². The Bertz CT molecular complexity index is 2850. The van der Waals surface area contributed by atoms with Crippen molar-refractivity contribution in [1.29, 1.82) is 0 Å². The molecule has 11 rings (SSSR count). The van der Waals surface area contributed by atoms with Crippen molar-refractivity contribution in [2.24, 2.45) is 11.8 Å². The Balaban J connectivity index is 0.928. The van der Waals surface area contributed by atoms with Gasteiger partial charge < -0.3 is 4.90 Å². The quantitative estimate of drug-likeness (QED) is 0.121. The first-order valence-corrected chi connectivity index (χ1v) is 22.5. The Morgan fingerprint density at radius 2 is 1.46 bits per heavy atom. The summed E-state index contributed by atoms with van der Waals surface area (Å²) in [5.74, 6) is 1.78. The number of fused-ring (bicyclic) bond motifs is 6. The van der Waals surface area contributed by atoms with Crippen LogP contribution in [0.5, 0.6) is 0 Å². The Kier molecular flexibility index (Phi) is 9.19. The number of hydrogen-bond donors (Lipinski definition) is 0. The van der Waals surface area contributed by atoms with Gasteiger partial charge in [-0.1, -0.05) is 171 Å². The molecule has 0 bridgehead atoms. The summed E-state index contributed by atoms with van der Waals surface area (Å²) >= 11 is 0. The molecule has 298 valence electrons. The van der Waals surface area contributed by atoms with E-state index in [2.05, 4.69) is 184 Å². The van der Waals surface area contributed by atoms with E-state index in [9.17, 15) is 0 Å². The van der Waals surface area contributed by atoms with Gasteiger partial charge in [-0.2, -0.15) is 0 Å². The van der Waals surface area contributed by atoms with Gasteiger partial charge in [-0.3, -0.25) is 0 Å². The highest BCUT2D eigenvalue weighted by Gasteiger charge is 2.55. The molecule has 1 heteroatoms. The number of benzene rings is 5. The van der Waals surface area contributed by atoms with Crippen molar-refractivity contribution in [2.75, 3.05) is 4.90 Å². The summed E-state index contributed by atoms with van der Waals surface area (Å²) in [6, 6.07) is 42.7. The lowest BCUT2D eigenvalue weighted by Crippen LogP contribution is -2.20. The number of allylic oxidation sites excluding steroid dienone is 15. The molecular formula is C60H53N. The zero-order valence-electron chi connectivity index (χ0n) is 35.5. The highest BCUT2D eigenvalue weighted by atomic mass is 15.1. The summed E-state index contributed by atoms with van der Waals surface area (Å²) in [4.78, 5) is 2.46. The van der Waals surface area contributed by atoms with Crippen LogP contribution in [-0.4, -0.2) is 0 Å². The molecule has 0 saturated heterocycles. The first-order valence-electron chi connectivity index (χ1n) is 22.5. The zero-order chi connectivity index (χ0) is 41.2. The standard InChI is InChI=1S/C60H53N/c1-5-14-52-49(6-2)55-37-57(55)59-51(19-12-21-54(52)59)43-27-31-47(32-28-43)61(46-29-25-42(26-30-46)40(4)24-23-39(3)41-15-8-7-9-16-41)48-33-34-60(38-45(60)36-48)58-22-13-20-53-50-18-11-10-17-44(50)35-56(53)58/h5,7-9,11-16,18-34,36,45,55,57H,3-4,6,10,17,35,37-38H2,1-2H3/b14-5-,24-23-/t45-,55?,57?,60?/m1/s1. The molecule has 0 heterocycles. The highest BCUT2D eigenvalue weighted by Crippen LogP contribution is 2.63. The lowest BCUT2D eigenvalue weighted by atomic mass is 9.81. The molecule has 0 radical (unpaired) electrons. The van der Waals surface area contributed by atoms with Crippen LogP contribution in [0.2, 0.25) is 0 Å². The second kappa shape index (κ2) is 14.9. The van der Waals surface area contributed by atoms with Gasteiger partial charge in [-0.15, -0.1) is 0 Å². The second-order valence-corrected chi connectivity index (χ2v) is 17.9. The molecule has 0 aromatic heterocycles. The molecule has 0 aliphatic heterocycles. The van der Waals surface area contributed by atoms with E-state index in [-0.39, 0.29) is 5.41 Å². The van der Waals surface area contributed by atoms with E-state index in [1.54, 1.807) is 22.3 Å². The summed E-state index contributed by atoms with van der Waals surface area (Å²) < 4.78 is 0. The van der Waals surface area contributed by atoms with Crippen molar-refractivity contribution in [3.63, 3.8) is 0 Å². The fraction of sp³-hybridized carbons (Fsp3) is 0.200. The molecule has 0 N–H and O–H groups in total. The molecular weight excluding hydrogens is 735 g/mol. The summed E-state index contributed by atoms with van der Waals surface area (Å²) in [5, 5.41) is 0. The third-order valence-electron chi connectivity index (χ3n) is 14.5. The second-order valence-electron chi connectivity index (χ2n) is 17.9. The fourth-order valence-corrected chi connectivity index (χ4v) is 11.2. The van der Waals surface area contributed by atoms with Gasteiger partial charge in [0.25, 0.3) is 0 Å². The summed E-state index contributed by atoms with van der Waals surface area (Å²) in [5.41, 5.74) is 24.2. The summed E-state index contributed by atoms with van der Waals surface area (Å²) in [7, 11) is 0. The average molecular weight is 788 g/mol. The molecule has 4 atom stereocenters. The number of anilines is 2. The Morgan fingerprint density at radius 1 is 0.754 bits per heavy atom. The lowest BCUT2D eigenvalue weighted by molar-refractivity contribution is 0.791. The van der Waals surface area contributed by atoms with Gasteiger partial charge in [0.05, 0.1) is 0 Å². The number of rotatable bonds is 11. The number of nitrogens with zero attached hydrogens (tertiary/aromatic N) is 1. The minimum Gasteiger partial charge on any atom is -0.311 e. The van der Waals surface area contributed by atoms with E-state index in [0.717, 1.165) is 53.6 Å². The van der Waals surface area contributed by atoms with E-state index in [1.165, 1.54) is 63.2 Å². The maximum absolute atomic E-state index is 4.44. The van der Waals surface area contributed by atoms with Crippen molar-refractivity contribution in [2.45, 2.75) is 63.7 Å². The molecule has 0 amide bonds. The molecule has 1 nitrogen and oxygen atoms in total. The fourth-order valence-electron chi connectivity index (χ4n) is 11.2. The van der Waals surface area contributed by atoms with Crippen molar-refractivity contribution in [3.05, 3.63) is 239 Å². The van der Waals surface area contributed by atoms with E-state index >= 15 is 0 Å². The summed E-state index contributed by atoms with van der Waals surface area (Å²) in [6.45, 7) is 13.2. The van der Waals surface area contributed by atoms with Gasteiger partial charge in [-0.25, -0.2) is 0 Å². The predicted octanol–water partition coefficient (Wildman–Crippen LogP) is 15.7. The van der Waals surface area contributed by atoms with Crippen LogP contribution < -0.4 is 4.90 Å². The van der Waals surface area contributed by atoms with Crippen molar-refractivity contribution in [3.8, 4) is 11.1 Å². The molecule has 61 heavy (non-hydrogen) atoms. The maximum atomic E-state index is 4.44. The topological polar surface area (TPSA) is 3.24 Å². The largest absolute Gasteiger partial charge is 0.311 e. The molecule has 3 unspecified atom stereocenters. The molecule has 5 aromatic carbocycles.